The number of amides is 1. The first kappa shape index (κ1) is 22.0. The summed E-state index contributed by atoms with van der Waals surface area (Å²) in [6.07, 6.45) is 3.50. The largest absolute Gasteiger partial charge is 0.314 e. The second-order valence-electron chi connectivity index (χ2n) is 6.98. The monoisotopic (exact) mass is 504 g/mol. The number of nitrogens with one attached hydrogen (secondary N) is 1. The number of carbonyl (C=O) groups is 1. The van der Waals surface area contributed by atoms with E-state index in [1.807, 2.05) is 72.8 Å². The lowest BCUT2D eigenvalue weighted by Crippen LogP contribution is -2.20. The van der Waals surface area contributed by atoms with Crippen molar-refractivity contribution in [2.24, 2.45) is 5.10 Å². The third-order valence-corrected chi connectivity index (χ3v) is 6.03. The van der Waals surface area contributed by atoms with E-state index in [1.54, 1.807) is 6.21 Å². The molecule has 4 aromatic rings. The van der Waals surface area contributed by atoms with Gasteiger partial charge in [-0.05, 0) is 45.3 Å². The van der Waals surface area contributed by atoms with Crippen LogP contribution in [0, 0.1) is 0 Å². The Labute approximate surface area is 199 Å². The van der Waals surface area contributed by atoms with Crippen molar-refractivity contribution in [3.05, 3.63) is 101 Å². The third kappa shape index (κ3) is 5.96. The number of hydrogen-bond donors (Lipinski definition) is 1. The Morgan fingerprint density at radius 1 is 1.00 bits per heavy atom. The fourth-order valence-corrected chi connectivity index (χ4v) is 4.33. The van der Waals surface area contributed by atoms with Gasteiger partial charge in [0.15, 0.2) is 5.16 Å². The molecular weight excluding hydrogens is 484 g/mol. The van der Waals surface area contributed by atoms with Crippen LogP contribution in [-0.2, 0) is 11.3 Å². The first-order valence-electron chi connectivity index (χ1n) is 10.1. The summed E-state index contributed by atoms with van der Waals surface area (Å²) in [4.78, 5) is 17.1. The van der Waals surface area contributed by atoms with Crippen LogP contribution in [0.1, 0.15) is 11.1 Å². The molecule has 0 aliphatic heterocycles. The lowest BCUT2D eigenvalue weighted by molar-refractivity contribution is -0.118. The van der Waals surface area contributed by atoms with Gasteiger partial charge in [0.1, 0.15) is 0 Å². The summed E-state index contributed by atoms with van der Waals surface area (Å²) in [5.41, 5.74) is 6.77. The maximum absolute atomic E-state index is 12.3. The van der Waals surface area contributed by atoms with Gasteiger partial charge in [0.25, 0.3) is 5.91 Å². The van der Waals surface area contributed by atoms with Gasteiger partial charge in [-0.3, -0.25) is 4.79 Å². The van der Waals surface area contributed by atoms with Gasteiger partial charge < -0.3 is 4.57 Å². The van der Waals surface area contributed by atoms with Gasteiger partial charge in [0, 0.05) is 4.48 Å². The van der Waals surface area contributed by atoms with Gasteiger partial charge in [0.2, 0.25) is 0 Å². The molecule has 0 aliphatic carbocycles. The van der Waals surface area contributed by atoms with Gasteiger partial charge in [0.05, 0.1) is 29.5 Å². The van der Waals surface area contributed by atoms with Crippen molar-refractivity contribution >= 4 is 56.9 Å². The number of hydrogen-bond acceptors (Lipinski definition) is 4. The zero-order valence-corrected chi connectivity index (χ0v) is 19.6. The molecule has 1 aromatic heterocycles. The van der Waals surface area contributed by atoms with Gasteiger partial charge >= 0.3 is 0 Å². The van der Waals surface area contributed by atoms with Crippen molar-refractivity contribution in [3.8, 4) is 0 Å². The number of benzene rings is 3. The summed E-state index contributed by atoms with van der Waals surface area (Å²) in [6.45, 7) is 0.695. The second-order valence-corrected chi connectivity index (χ2v) is 8.83. The standard InChI is InChI=1S/C25H21BrN4OS/c26-21(15-19-9-3-1-4-10-19)16-27-29-24(31)18-32-25-28-22-13-7-8-14-23(22)30(25)17-20-11-5-2-6-12-20/h1-16H,17-18H2,(H,29,31)/b21-15+,27-16+. The van der Waals surface area contributed by atoms with E-state index >= 15 is 0 Å². The molecule has 0 unspecified atom stereocenters. The summed E-state index contributed by atoms with van der Waals surface area (Å²) < 4.78 is 2.91. The van der Waals surface area contributed by atoms with Crippen LogP contribution in [0.2, 0.25) is 0 Å². The molecule has 160 valence electrons. The minimum Gasteiger partial charge on any atom is -0.314 e. The Morgan fingerprint density at radius 3 is 2.47 bits per heavy atom. The van der Waals surface area contributed by atoms with Crippen molar-refractivity contribution in [1.29, 1.82) is 0 Å². The SMILES string of the molecule is O=C(CSc1nc2ccccc2n1Cc1ccccc1)N/N=C/C(Br)=C\c1ccccc1. The molecule has 1 N–H and O–H groups in total. The molecule has 0 fully saturated rings. The molecule has 0 spiro atoms. The van der Waals surface area contributed by atoms with Crippen LogP contribution in [0.15, 0.2) is 99.7 Å². The molecule has 0 radical (unpaired) electrons. The Morgan fingerprint density at radius 2 is 1.69 bits per heavy atom. The number of para-hydroxylation sites is 2. The molecule has 5 nitrogen and oxygen atoms in total. The number of fused-ring (bicyclic) bond motifs is 1. The van der Waals surface area contributed by atoms with Crippen LogP contribution in [0.3, 0.4) is 0 Å². The minimum atomic E-state index is -0.190. The molecule has 0 aliphatic rings. The number of carbonyl (C=O) groups excluding carboxylic acids is 1. The Kier molecular flexibility index (Phi) is 7.53. The summed E-state index contributed by atoms with van der Waals surface area (Å²) in [7, 11) is 0. The number of imidazole rings is 1. The molecule has 0 atom stereocenters. The van der Waals surface area contributed by atoms with Crippen LogP contribution in [0.25, 0.3) is 17.1 Å². The molecule has 4 rings (SSSR count). The van der Waals surface area contributed by atoms with Crippen LogP contribution in [-0.4, -0.2) is 27.4 Å². The molecule has 0 saturated heterocycles. The lowest BCUT2D eigenvalue weighted by atomic mass is 10.2. The highest BCUT2D eigenvalue weighted by Gasteiger charge is 2.13. The maximum atomic E-state index is 12.3. The summed E-state index contributed by atoms with van der Waals surface area (Å²) >= 11 is 4.84. The predicted molar refractivity (Wildman–Crippen MR) is 136 cm³/mol. The Balaban J connectivity index is 1.40. The quantitative estimate of drug-likeness (QED) is 0.190. The highest BCUT2D eigenvalue weighted by molar-refractivity contribution is 9.12. The van der Waals surface area contributed by atoms with E-state index in [0.29, 0.717) is 6.54 Å². The van der Waals surface area contributed by atoms with Gasteiger partial charge in [-0.1, -0.05) is 84.6 Å². The fourth-order valence-electron chi connectivity index (χ4n) is 3.16. The summed E-state index contributed by atoms with van der Waals surface area (Å²) in [5.74, 6) is 0.0275. The van der Waals surface area contributed by atoms with E-state index in [-0.39, 0.29) is 11.7 Å². The van der Waals surface area contributed by atoms with E-state index in [9.17, 15) is 4.79 Å². The molecule has 1 amide bonds. The smallest absolute Gasteiger partial charge is 0.250 e. The van der Waals surface area contributed by atoms with E-state index in [2.05, 4.69) is 49.2 Å². The highest BCUT2D eigenvalue weighted by atomic mass is 79.9. The minimum absolute atomic E-state index is 0.190. The maximum Gasteiger partial charge on any atom is 0.250 e. The Bertz CT molecular complexity index is 1250. The number of thioether (sulfide) groups is 1. The molecule has 1 heterocycles. The number of halogens is 1. The normalized spacial score (nSPS) is 11.8. The average Bonchev–Trinajstić information content (AvgIpc) is 3.16. The Hall–Kier alpha value is -3.16. The number of aromatic nitrogens is 2. The van der Waals surface area contributed by atoms with Gasteiger partial charge in [-0.15, -0.1) is 0 Å². The number of allylic oxidation sites excluding steroid dienone is 1. The fraction of sp³-hybridized carbons (Fsp3) is 0.0800. The van der Waals surface area contributed by atoms with Gasteiger partial charge in [-0.2, -0.15) is 5.10 Å². The van der Waals surface area contributed by atoms with Crippen molar-refractivity contribution in [2.45, 2.75) is 11.7 Å². The summed E-state index contributed by atoms with van der Waals surface area (Å²) in [5, 5.41) is 4.84. The predicted octanol–water partition coefficient (Wildman–Crippen LogP) is 5.71. The number of rotatable bonds is 8. The van der Waals surface area contributed by atoms with E-state index in [1.165, 1.54) is 17.3 Å². The molecule has 3 aromatic carbocycles. The van der Waals surface area contributed by atoms with Crippen LogP contribution in [0.5, 0.6) is 0 Å². The third-order valence-electron chi connectivity index (χ3n) is 4.62. The molecule has 32 heavy (non-hydrogen) atoms. The van der Waals surface area contributed by atoms with Crippen LogP contribution >= 0.6 is 27.7 Å². The average molecular weight is 505 g/mol. The first-order valence-corrected chi connectivity index (χ1v) is 11.8. The molecular formula is C25H21BrN4OS. The van der Waals surface area contributed by atoms with Crippen molar-refractivity contribution in [3.63, 3.8) is 0 Å². The molecule has 7 heteroatoms. The van der Waals surface area contributed by atoms with E-state index < -0.39 is 0 Å². The van der Waals surface area contributed by atoms with Crippen molar-refractivity contribution in [1.82, 2.24) is 15.0 Å². The second kappa shape index (κ2) is 10.9. The molecule has 0 bridgehead atoms. The zero-order valence-electron chi connectivity index (χ0n) is 17.2. The highest BCUT2D eigenvalue weighted by Crippen LogP contribution is 2.25. The summed E-state index contributed by atoms with van der Waals surface area (Å²) in [6, 6.07) is 28.1. The lowest BCUT2D eigenvalue weighted by Gasteiger charge is -2.09. The topological polar surface area (TPSA) is 59.3 Å². The first-order chi connectivity index (χ1) is 15.7. The zero-order chi connectivity index (χ0) is 22.2. The number of hydrazone groups is 1. The number of nitrogens with zero attached hydrogens (tertiary/aromatic N) is 3. The van der Waals surface area contributed by atoms with Crippen molar-refractivity contribution < 1.29 is 4.79 Å². The van der Waals surface area contributed by atoms with Gasteiger partial charge in [-0.25, -0.2) is 10.4 Å². The molecule has 0 saturated carbocycles. The van der Waals surface area contributed by atoms with Crippen LogP contribution < -0.4 is 5.43 Å². The van der Waals surface area contributed by atoms with E-state index in [0.717, 1.165) is 26.2 Å². The van der Waals surface area contributed by atoms with E-state index in [4.69, 9.17) is 4.98 Å². The van der Waals surface area contributed by atoms with Crippen molar-refractivity contribution in [2.75, 3.05) is 5.75 Å². The van der Waals surface area contributed by atoms with Crippen LogP contribution in [0.4, 0.5) is 0 Å².